The quantitative estimate of drug-likeness (QED) is 0.253. The van der Waals surface area contributed by atoms with Gasteiger partial charge in [-0.25, -0.2) is 0 Å². The number of nitrogens with zero attached hydrogens (tertiary/aromatic N) is 1. The Labute approximate surface area is 203 Å². The summed E-state index contributed by atoms with van der Waals surface area (Å²) in [7, 11) is 0. The van der Waals surface area contributed by atoms with Gasteiger partial charge in [0.1, 0.15) is 5.75 Å². The monoisotopic (exact) mass is 449 g/mol. The van der Waals surface area contributed by atoms with Gasteiger partial charge in [0.05, 0.1) is 12.3 Å². The van der Waals surface area contributed by atoms with E-state index in [1.54, 1.807) is 0 Å². The van der Waals surface area contributed by atoms with E-state index < -0.39 is 0 Å². The van der Waals surface area contributed by atoms with Gasteiger partial charge in [-0.2, -0.15) is 0 Å². The second kappa shape index (κ2) is 15.1. The Kier molecular flexibility index (Phi) is 11.8. The van der Waals surface area contributed by atoms with Gasteiger partial charge in [0, 0.05) is 11.8 Å². The largest absolute Gasteiger partial charge is 0.494 e. The molecule has 1 aliphatic carbocycles. The van der Waals surface area contributed by atoms with Gasteiger partial charge in [0.2, 0.25) is 0 Å². The van der Waals surface area contributed by atoms with E-state index in [9.17, 15) is 0 Å². The summed E-state index contributed by atoms with van der Waals surface area (Å²) in [5.41, 5.74) is 3.56. The van der Waals surface area contributed by atoms with E-state index in [-0.39, 0.29) is 0 Å². The zero-order valence-electron chi connectivity index (χ0n) is 21.4. The molecular formula is C31H47NO. The Morgan fingerprint density at radius 2 is 1.45 bits per heavy atom. The smallest absolute Gasteiger partial charge is 0.119 e. The van der Waals surface area contributed by atoms with Crippen LogP contribution in [0.5, 0.6) is 5.75 Å². The van der Waals surface area contributed by atoms with Gasteiger partial charge in [0.25, 0.3) is 0 Å². The van der Waals surface area contributed by atoms with Crippen molar-refractivity contribution in [1.82, 2.24) is 4.98 Å². The normalized spacial score (nSPS) is 18.4. The molecule has 0 saturated heterocycles. The van der Waals surface area contributed by atoms with E-state index in [0.717, 1.165) is 41.9 Å². The molecule has 0 radical (unpaired) electrons. The van der Waals surface area contributed by atoms with Crippen LogP contribution < -0.4 is 4.74 Å². The summed E-state index contributed by atoms with van der Waals surface area (Å²) in [6.07, 6.45) is 22.3. The van der Waals surface area contributed by atoms with Crippen LogP contribution in [0.1, 0.15) is 109 Å². The van der Waals surface area contributed by atoms with E-state index in [1.165, 1.54) is 95.5 Å². The molecule has 2 nitrogen and oxygen atoms in total. The van der Waals surface area contributed by atoms with Crippen molar-refractivity contribution in [2.24, 2.45) is 11.8 Å². The highest BCUT2D eigenvalue weighted by atomic mass is 16.5. The van der Waals surface area contributed by atoms with Gasteiger partial charge in [-0.05, 0) is 73.4 Å². The topological polar surface area (TPSA) is 22.1 Å². The van der Waals surface area contributed by atoms with Crippen LogP contribution in [0.2, 0.25) is 0 Å². The zero-order valence-corrected chi connectivity index (χ0v) is 21.4. The third-order valence-corrected chi connectivity index (χ3v) is 7.53. The lowest BCUT2D eigenvalue weighted by molar-refractivity contribution is 0.190. The third kappa shape index (κ3) is 9.14. The molecule has 2 aromatic rings. The molecule has 1 heterocycles. The Balaban J connectivity index is 1.38. The van der Waals surface area contributed by atoms with Crippen LogP contribution >= 0.6 is 0 Å². The first-order valence-electron chi connectivity index (χ1n) is 14.0. The Morgan fingerprint density at radius 3 is 2.12 bits per heavy atom. The van der Waals surface area contributed by atoms with Gasteiger partial charge >= 0.3 is 0 Å². The van der Waals surface area contributed by atoms with Crippen molar-refractivity contribution in [3.05, 3.63) is 48.2 Å². The molecule has 0 spiro atoms. The molecule has 2 heteroatoms. The fraction of sp³-hybridized carbons (Fsp3) is 0.645. The summed E-state index contributed by atoms with van der Waals surface area (Å²) in [4.78, 5) is 4.70. The first kappa shape index (κ1) is 25.8. The van der Waals surface area contributed by atoms with Gasteiger partial charge in [-0.3, -0.25) is 4.98 Å². The predicted molar refractivity (Wildman–Crippen MR) is 142 cm³/mol. The SMILES string of the molecule is CCCCCCc1ccc(-c2ccc(OCCCC3CCCCC3CCCCC)cc2)nc1. The van der Waals surface area contributed by atoms with Crippen LogP contribution in [0.15, 0.2) is 42.6 Å². The molecule has 0 amide bonds. The van der Waals surface area contributed by atoms with Crippen LogP contribution in [0.4, 0.5) is 0 Å². The molecule has 1 aliphatic rings. The van der Waals surface area contributed by atoms with Gasteiger partial charge in [0.15, 0.2) is 0 Å². The molecule has 1 aromatic heterocycles. The van der Waals surface area contributed by atoms with Gasteiger partial charge < -0.3 is 4.74 Å². The van der Waals surface area contributed by atoms with Crippen molar-refractivity contribution >= 4 is 0 Å². The number of ether oxygens (including phenoxy) is 1. The number of benzene rings is 1. The van der Waals surface area contributed by atoms with Crippen molar-refractivity contribution < 1.29 is 4.74 Å². The van der Waals surface area contributed by atoms with Gasteiger partial charge in [-0.15, -0.1) is 0 Å². The number of aryl methyl sites for hydroxylation is 1. The first-order chi connectivity index (χ1) is 16.3. The van der Waals surface area contributed by atoms with E-state index in [0.29, 0.717) is 0 Å². The minimum absolute atomic E-state index is 0.836. The summed E-state index contributed by atoms with van der Waals surface area (Å²) < 4.78 is 6.08. The molecule has 33 heavy (non-hydrogen) atoms. The van der Waals surface area contributed by atoms with Crippen LogP contribution in [-0.2, 0) is 6.42 Å². The van der Waals surface area contributed by atoms with Crippen molar-refractivity contribution in [3.8, 4) is 17.0 Å². The lowest BCUT2D eigenvalue weighted by atomic mass is 9.74. The maximum atomic E-state index is 6.08. The molecule has 2 atom stereocenters. The summed E-state index contributed by atoms with van der Waals surface area (Å²) >= 11 is 0. The van der Waals surface area contributed by atoms with Crippen LogP contribution in [0, 0.1) is 11.8 Å². The highest BCUT2D eigenvalue weighted by Gasteiger charge is 2.24. The molecule has 1 aromatic carbocycles. The van der Waals surface area contributed by atoms with Crippen LogP contribution in [0.3, 0.4) is 0 Å². The molecule has 1 fully saturated rings. The molecule has 2 unspecified atom stereocenters. The van der Waals surface area contributed by atoms with Crippen molar-refractivity contribution in [3.63, 3.8) is 0 Å². The average molecular weight is 450 g/mol. The molecular weight excluding hydrogens is 402 g/mol. The Hall–Kier alpha value is -1.83. The molecule has 0 N–H and O–H groups in total. The zero-order chi connectivity index (χ0) is 23.1. The van der Waals surface area contributed by atoms with Crippen molar-refractivity contribution in [2.45, 2.75) is 110 Å². The van der Waals surface area contributed by atoms with E-state index in [4.69, 9.17) is 9.72 Å². The summed E-state index contributed by atoms with van der Waals surface area (Å²) in [6.45, 7) is 5.40. The van der Waals surface area contributed by atoms with Crippen molar-refractivity contribution in [2.75, 3.05) is 6.61 Å². The summed E-state index contributed by atoms with van der Waals surface area (Å²) in [5.74, 6) is 2.89. The second-order valence-electron chi connectivity index (χ2n) is 10.2. The number of aromatic nitrogens is 1. The fourth-order valence-corrected chi connectivity index (χ4v) is 5.46. The van der Waals surface area contributed by atoms with E-state index in [1.807, 2.05) is 6.20 Å². The maximum absolute atomic E-state index is 6.08. The first-order valence-corrected chi connectivity index (χ1v) is 14.0. The number of hydrogen-bond donors (Lipinski definition) is 0. The molecule has 3 rings (SSSR count). The molecule has 182 valence electrons. The Bertz CT molecular complexity index is 751. The standard InChI is InChI=1S/C31H47NO/c1-3-5-7-9-13-26-18-23-31(32-25-26)29-19-21-30(22-20-29)33-24-12-17-28-16-11-10-15-27(28)14-8-6-4-2/h18-23,25,27-28H,3-17,24H2,1-2H3. The summed E-state index contributed by atoms with van der Waals surface area (Å²) in [5, 5.41) is 0. The van der Waals surface area contributed by atoms with Gasteiger partial charge in [-0.1, -0.05) is 90.5 Å². The van der Waals surface area contributed by atoms with Crippen LogP contribution in [-0.4, -0.2) is 11.6 Å². The predicted octanol–water partition coefficient (Wildman–Crippen LogP) is 9.42. The van der Waals surface area contributed by atoms with E-state index in [2.05, 4.69) is 50.2 Å². The average Bonchev–Trinajstić information content (AvgIpc) is 2.86. The number of hydrogen-bond acceptors (Lipinski definition) is 2. The molecule has 0 bridgehead atoms. The van der Waals surface area contributed by atoms with E-state index >= 15 is 0 Å². The summed E-state index contributed by atoms with van der Waals surface area (Å²) in [6, 6.07) is 12.9. The second-order valence-corrected chi connectivity index (χ2v) is 10.2. The Morgan fingerprint density at radius 1 is 0.758 bits per heavy atom. The number of unbranched alkanes of at least 4 members (excludes halogenated alkanes) is 5. The van der Waals surface area contributed by atoms with Crippen LogP contribution in [0.25, 0.3) is 11.3 Å². The molecule has 1 saturated carbocycles. The fourth-order valence-electron chi connectivity index (χ4n) is 5.46. The minimum atomic E-state index is 0.836. The lowest BCUT2D eigenvalue weighted by Gasteiger charge is -2.31. The number of rotatable bonds is 15. The minimum Gasteiger partial charge on any atom is -0.494 e. The lowest BCUT2D eigenvalue weighted by Crippen LogP contribution is -2.20. The highest BCUT2D eigenvalue weighted by Crippen LogP contribution is 2.36. The molecule has 0 aliphatic heterocycles. The number of pyridine rings is 1. The third-order valence-electron chi connectivity index (χ3n) is 7.53. The van der Waals surface area contributed by atoms with Crippen molar-refractivity contribution in [1.29, 1.82) is 0 Å². The highest BCUT2D eigenvalue weighted by molar-refractivity contribution is 5.60. The maximum Gasteiger partial charge on any atom is 0.119 e.